The van der Waals surface area contributed by atoms with Crippen LogP contribution in [0.25, 0.3) is 5.57 Å². The van der Waals surface area contributed by atoms with Crippen molar-refractivity contribution in [3.8, 4) is 11.5 Å². The minimum Gasteiger partial charge on any atom is -0.496 e. The number of allylic oxidation sites excluding steroid dienone is 4. The van der Waals surface area contributed by atoms with E-state index in [2.05, 4.69) is 12.2 Å². The quantitative estimate of drug-likeness (QED) is 0.748. The van der Waals surface area contributed by atoms with Crippen molar-refractivity contribution in [2.24, 2.45) is 0 Å². The molecule has 15 heavy (non-hydrogen) atoms. The molecule has 0 saturated heterocycles. The molecule has 77 valence electrons. The van der Waals surface area contributed by atoms with E-state index in [4.69, 9.17) is 9.47 Å². The second-order valence-electron chi connectivity index (χ2n) is 3.23. The Bertz CT molecular complexity index is 394. The Hall–Kier alpha value is -1.70. The van der Waals surface area contributed by atoms with Crippen molar-refractivity contribution in [1.29, 1.82) is 0 Å². The zero-order chi connectivity index (χ0) is 10.7. The first kappa shape index (κ1) is 9.84. The predicted molar refractivity (Wildman–Crippen MR) is 60.0 cm³/mol. The summed E-state index contributed by atoms with van der Waals surface area (Å²) < 4.78 is 10.7. The number of benzene rings is 1. The van der Waals surface area contributed by atoms with Gasteiger partial charge in [0.1, 0.15) is 11.5 Å². The smallest absolute Gasteiger partial charge is 0.130 e. The standard InChI is InChI=1S/C13H13O2/c1-14-11-8-5-9-12(15-2)13(11)10-6-3-4-7-10/h3,5-6,8-9H,4H2,1-2H3. The highest BCUT2D eigenvalue weighted by Crippen LogP contribution is 2.36. The average Bonchev–Trinajstić information content (AvgIpc) is 2.81. The number of rotatable bonds is 3. The lowest BCUT2D eigenvalue weighted by Crippen LogP contribution is -1.94. The molecule has 0 fully saturated rings. The van der Waals surface area contributed by atoms with E-state index >= 15 is 0 Å². The third-order valence-electron chi connectivity index (χ3n) is 2.39. The summed E-state index contributed by atoms with van der Waals surface area (Å²) in [6.45, 7) is 0. The first-order chi connectivity index (χ1) is 7.36. The highest BCUT2D eigenvalue weighted by atomic mass is 16.5. The molecule has 0 spiro atoms. The Labute approximate surface area is 89.8 Å². The molecular weight excluding hydrogens is 188 g/mol. The summed E-state index contributed by atoms with van der Waals surface area (Å²) in [6, 6.07) is 5.78. The molecule has 1 aromatic carbocycles. The second-order valence-corrected chi connectivity index (χ2v) is 3.23. The molecule has 0 aromatic heterocycles. The van der Waals surface area contributed by atoms with Gasteiger partial charge in [0.05, 0.1) is 19.8 Å². The summed E-state index contributed by atoms with van der Waals surface area (Å²) >= 11 is 0. The Morgan fingerprint density at radius 2 is 1.80 bits per heavy atom. The maximum Gasteiger partial charge on any atom is 0.130 e. The maximum absolute atomic E-state index is 5.33. The van der Waals surface area contributed by atoms with Gasteiger partial charge in [-0.25, -0.2) is 0 Å². The molecule has 0 bridgehead atoms. The highest BCUT2D eigenvalue weighted by Gasteiger charge is 2.14. The third-order valence-corrected chi connectivity index (χ3v) is 2.39. The van der Waals surface area contributed by atoms with Crippen LogP contribution in [0.1, 0.15) is 12.0 Å². The lowest BCUT2D eigenvalue weighted by atomic mass is 10.0. The van der Waals surface area contributed by atoms with Crippen LogP contribution in [0.15, 0.2) is 30.4 Å². The molecule has 0 heterocycles. The van der Waals surface area contributed by atoms with Gasteiger partial charge in [-0.1, -0.05) is 18.2 Å². The molecule has 0 amide bonds. The molecular formula is C13H13O2. The summed E-state index contributed by atoms with van der Waals surface area (Å²) in [5, 5.41) is 0. The van der Waals surface area contributed by atoms with Gasteiger partial charge in [0, 0.05) is 0 Å². The van der Waals surface area contributed by atoms with Gasteiger partial charge in [-0.2, -0.15) is 0 Å². The zero-order valence-electron chi connectivity index (χ0n) is 8.91. The fraction of sp³-hybridized carbons (Fsp3) is 0.231. The Morgan fingerprint density at radius 3 is 2.27 bits per heavy atom. The lowest BCUT2D eigenvalue weighted by Gasteiger charge is -2.12. The largest absolute Gasteiger partial charge is 0.496 e. The van der Waals surface area contributed by atoms with Crippen LogP contribution < -0.4 is 9.47 Å². The van der Waals surface area contributed by atoms with E-state index in [1.165, 1.54) is 0 Å². The minimum atomic E-state index is 0.823. The molecule has 1 aliphatic carbocycles. The van der Waals surface area contributed by atoms with Gasteiger partial charge in [0.25, 0.3) is 0 Å². The van der Waals surface area contributed by atoms with Gasteiger partial charge in [0.15, 0.2) is 0 Å². The van der Waals surface area contributed by atoms with Crippen LogP contribution in [0.5, 0.6) is 11.5 Å². The second kappa shape index (κ2) is 4.22. The van der Waals surface area contributed by atoms with Crippen LogP contribution in [-0.2, 0) is 0 Å². The Balaban J connectivity index is 2.55. The molecule has 0 aliphatic heterocycles. The Kier molecular flexibility index (Phi) is 2.77. The molecule has 1 radical (unpaired) electrons. The normalized spacial score (nSPS) is 13.9. The summed E-state index contributed by atoms with van der Waals surface area (Å²) in [7, 11) is 3.33. The monoisotopic (exact) mass is 201 g/mol. The highest BCUT2D eigenvalue weighted by molar-refractivity contribution is 5.81. The predicted octanol–water partition coefficient (Wildman–Crippen LogP) is 2.85. The fourth-order valence-corrected chi connectivity index (χ4v) is 1.69. The SMILES string of the molecule is COc1cccc(OC)c1C1=[C]CC=C1. The molecule has 0 atom stereocenters. The maximum atomic E-state index is 5.33. The third kappa shape index (κ3) is 1.75. The number of hydrogen-bond donors (Lipinski definition) is 0. The van der Waals surface area contributed by atoms with E-state index in [1.54, 1.807) is 14.2 Å². The van der Waals surface area contributed by atoms with Gasteiger partial charge in [-0.15, -0.1) is 0 Å². The van der Waals surface area contributed by atoms with Crippen molar-refractivity contribution < 1.29 is 9.47 Å². The number of methoxy groups -OCH3 is 2. The molecule has 1 aromatic rings. The number of hydrogen-bond acceptors (Lipinski definition) is 2. The van der Waals surface area contributed by atoms with Crippen molar-refractivity contribution in [2.75, 3.05) is 14.2 Å². The van der Waals surface area contributed by atoms with Crippen molar-refractivity contribution in [3.05, 3.63) is 42.0 Å². The molecule has 2 rings (SSSR count). The van der Waals surface area contributed by atoms with Crippen molar-refractivity contribution >= 4 is 5.57 Å². The molecule has 1 aliphatic rings. The van der Waals surface area contributed by atoms with E-state index in [1.807, 2.05) is 24.3 Å². The van der Waals surface area contributed by atoms with E-state index in [-0.39, 0.29) is 0 Å². The van der Waals surface area contributed by atoms with E-state index in [9.17, 15) is 0 Å². The molecule has 0 unspecified atom stereocenters. The fourth-order valence-electron chi connectivity index (χ4n) is 1.69. The lowest BCUT2D eigenvalue weighted by molar-refractivity contribution is 0.392. The van der Waals surface area contributed by atoms with Crippen LogP contribution in [0, 0.1) is 6.08 Å². The molecule has 0 N–H and O–H groups in total. The average molecular weight is 201 g/mol. The first-order valence-electron chi connectivity index (χ1n) is 4.85. The zero-order valence-corrected chi connectivity index (χ0v) is 8.91. The van der Waals surface area contributed by atoms with Gasteiger partial charge in [-0.3, -0.25) is 0 Å². The van der Waals surface area contributed by atoms with Crippen LogP contribution in [0.4, 0.5) is 0 Å². The topological polar surface area (TPSA) is 18.5 Å². The van der Waals surface area contributed by atoms with Gasteiger partial charge >= 0.3 is 0 Å². The van der Waals surface area contributed by atoms with Gasteiger partial charge < -0.3 is 9.47 Å². The summed E-state index contributed by atoms with van der Waals surface area (Å²) in [4.78, 5) is 0. The van der Waals surface area contributed by atoms with E-state index in [0.29, 0.717) is 0 Å². The van der Waals surface area contributed by atoms with Crippen LogP contribution >= 0.6 is 0 Å². The van der Waals surface area contributed by atoms with Crippen LogP contribution in [-0.4, -0.2) is 14.2 Å². The first-order valence-corrected chi connectivity index (χ1v) is 4.85. The van der Waals surface area contributed by atoms with Crippen molar-refractivity contribution in [1.82, 2.24) is 0 Å². The summed E-state index contributed by atoms with van der Waals surface area (Å²) in [6.07, 6.45) is 8.24. The van der Waals surface area contributed by atoms with Gasteiger partial charge in [-0.05, 0) is 30.2 Å². The van der Waals surface area contributed by atoms with Crippen LogP contribution in [0.3, 0.4) is 0 Å². The molecule has 0 saturated carbocycles. The molecule has 2 heteroatoms. The summed E-state index contributed by atoms with van der Waals surface area (Å²) in [5.41, 5.74) is 2.03. The summed E-state index contributed by atoms with van der Waals surface area (Å²) in [5.74, 6) is 1.65. The molecule has 2 nitrogen and oxygen atoms in total. The van der Waals surface area contributed by atoms with E-state index < -0.39 is 0 Å². The van der Waals surface area contributed by atoms with Gasteiger partial charge in [0.2, 0.25) is 0 Å². The van der Waals surface area contributed by atoms with Crippen LogP contribution in [0.2, 0.25) is 0 Å². The van der Waals surface area contributed by atoms with Crippen molar-refractivity contribution in [2.45, 2.75) is 6.42 Å². The Morgan fingerprint density at radius 1 is 1.13 bits per heavy atom. The van der Waals surface area contributed by atoms with Crippen molar-refractivity contribution in [3.63, 3.8) is 0 Å². The van der Waals surface area contributed by atoms with E-state index in [0.717, 1.165) is 29.1 Å². The minimum absolute atomic E-state index is 0.823. The number of ether oxygens (including phenoxy) is 2.